The quantitative estimate of drug-likeness (QED) is 0.832. The lowest BCUT2D eigenvalue weighted by molar-refractivity contribution is -0.138. The van der Waals surface area contributed by atoms with E-state index in [0.717, 1.165) is 51.6 Å². The van der Waals surface area contributed by atoms with Crippen molar-refractivity contribution >= 4 is 12.0 Å². The van der Waals surface area contributed by atoms with Gasteiger partial charge in [0.25, 0.3) is 0 Å². The van der Waals surface area contributed by atoms with Crippen LogP contribution in [0.2, 0.25) is 0 Å². The zero-order valence-corrected chi connectivity index (χ0v) is 12.4. The van der Waals surface area contributed by atoms with Crippen LogP contribution in [-0.4, -0.2) is 40.6 Å². The summed E-state index contributed by atoms with van der Waals surface area (Å²) in [5.41, 5.74) is -0.512. The van der Waals surface area contributed by atoms with E-state index in [4.69, 9.17) is 5.11 Å². The maximum absolute atomic E-state index is 12.4. The van der Waals surface area contributed by atoms with E-state index in [2.05, 4.69) is 12.2 Å². The van der Waals surface area contributed by atoms with Gasteiger partial charge in [-0.25, -0.2) is 4.79 Å². The second-order valence-electron chi connectivity index (χ2n) is 6.35. The van der Waals surface area contributed by atoms with E-state index in [1.807, 2.05) is 4.90 Å². The van der Waals surface area contributed by atoms with E-state index in [0.29, 0.717) is 5.92 Å². The second kappa shape index (κ2) is 6.46. The molecule has 5 heteroatoms. The summed E-state index contributed by atoms with van der Waals surface area (Å²) in [6.45, 7) is 3.77. The highest BCUT2D eigenvalue weighted by molar-refractivity contribution is 5.77. The van der Waals surface area contributed by atoms with Crippen molar-refractivity contribution in [2.75, 3.05) is 13.1 Å². The van der Waals surface area contributed by atoms with Crippen molar-refractivity contribution in [1.82, 2.24) is 10.2 Å². The topological polar surface area (TPSA) is 69.6 Å². The minimum Gasteiger partial charge on any atom is -0.481 e. The Morgan fingerprint density at radius 1 is 1.30 bits per heavy atom. The Morgan fingerprint density at radius 2 is 2.00 bits per heavy atom. The molecule has 1 unspecified atom stereocenters. The molecule has 20 heavy (non-hydrogen) atoms. The van der Waals surface area contributed by atoms with E-state index in [1.165, 1.54) is 6.42 Å². The molecule has 5 nitrogen and oxygen atoms in total. The summed E-state index contributed by atoms with van der Waals surface area (Å²) >= 11 is 0. The van der Waals surface area contributed by atoms with Gasteiger partial charge in [0.05, 0.1) is 12.0 Å². The van der Waals surface area contributed by atoms with Crippen LogP contribution in [0.5, 0.6) is 0 Å². The lowest BCUT2D eigenvalue weighted by Gasteiger charge is -2.36. The molecule has 1 aliphatic heterocycles. The SMILES string of the molecule is CCC1CCCN(C(=O)NC2(CC(=O)O)CCCC2)C1. The third-order valence-corrected chi connectivity index (χ3v) is 4.81. The fraction of sp³-hybridized carbons (Fsp3) is 0.867. The number of nitrogens with zero attached hydrogens (tertiary/aromatic N) is 1. The predicted octanol–water partition coefficient (Wildman–Crippen LogP) is 2.61. The lowest BCUT2D eigenvalue weighted by atomic mass is 9.93. The molecule has 2 aliphatic rings. The largest absolute Gasteiger partial charge is 0.481 e. The molecule has 0 radical (unpaired) electrons. The molecular formula is C15H26N2O3. The Balaban J connectivity index is 1.96. The average molecular weight is 282 g/mol. The maximum Gasteiger partial charge on any atom is 0.317 e. The summed E-state index contributed by atoms with van der Waals surface area (Å²) in [4.78, 5) is 25.4. The molecule has 2 rings (SSSR count). The molecular weight excluding hydrogens is 256 g/mol. The van der Waals surface area contributed by atoms with Crippen LogP contribution in [0.15, 0.2) is 0 Å². The van der Waals surface area contributed by atoms with E-state index in [1.54, 1.807) is 0 Å². The van der Waals surface area contributed by atoms with Gasteiger partial charge < -0.3 is 15.3 Å². The first kappa shape index (κ1) is 15.1. The van der Waals surface area contributed by atoms with Crippen LogP contribution in [-0.2, 0) is 4.79 Å². The van der Waals surface area contributed by atoms with E-state index < -0.39 is 11.5 Å². The van der Waals surface area contributed by atoms with Crippen LogP contribution in [0.1, 0.15) is 58.3 Å². The van der Waals surface area contributed by atoms with Crippen molar-refractivity contribution in [3.63, 3.8) is 0 Å². The summed E-state index contributed by atoms with van der Waals surface area (Å²) in [6.07, 6.45) is 6.98. The smallest absolute Gasteiger partial charge is 0.317 e. The van der Waals surface area contributed by atoms with E-state index in [9.17, 15) is 9.59 Å². The number of likely N-dealkylation sites (tertiary alicyclic amines) is 1. The summed E-state index contributed by atoms with van der Waals surface area (Å²) in [5, 5.41) is 12.1. The van der Waals surface area contributed by atoms with Crippen LogP contribution < -0.4 is 5.32 Å². The number of amides is 2. The van der Waals surface area contributed by atoms with Gasteiger partial charge in [-0.1, -0.05) is 26.2 Å². The summed E-state index contributed by atoms with van der Waals surface area (Å²) in [7, 11) is 0. The third kappa shape index (κ3) is 3.64. The molecule has 1 aliphatic carbocycles. The molecule has 1 heterocycles. The third-order valence-electron chi connectivity index (χ3n) is 4.81. The minimum atomic E-state index is -0.822. The van der Waals surface area contributed by atoms with Gasteiger partial charge in [-0.3, -0.25) is 4.79 Å². The van der Waals surface area contributed by atoms with Gasteiger partial charge in [0.15, 0.2) is 0 Å². The minimum absolute atomic E-state index is 0.0454. The molecule has 1 saturated heterocycles. The monoisotopic (exact) mass is 282 g/mol. The lowest BCUT2D eigenvalue weighted by Crippen LogP contribution is -2.54. The molecule has 114 valence electrons. The fourth-order valence-electron chi connectivity index (χ4n) is 3.58. The highest BCUT2D eigenvalue weighted by Gasteiger charge is 2.38. The Labute approximate surface area is 120 Å². The molecule has 1 saturated carbocycles. The van der Waals surface area contributed by atoms with Crippen molar-refractivity contribution in [2.45, 2.75) is 63.8 Å². The first-order valence-corrected chi connectivity index (χ1v) is 7.83. The molecule has 1 atom stereocenters. The molecule has 0 aromatic carbocycles. The summed E-state index contributed by atoms with van der Waals surface area (Å²) < 4.78 is 0. The van der Waals surface area contributed by atoms with Gasteiger partial charge in [-0.15, -0.1) is 0 Å². The number of urea groups is 1. The Bertz CT molecular complexity index is 364. The van der Waals surface area contributed by atoms with Gasteiger partial charge in [0, 0.05) is 13.1 Å². The standard InChI is InChI=1S/C15H26N2O3/c1-2-12-6-5-9-17(11-12)14(20)16-15(10-13(18)19)7-3-4-8-15/h12H,2-11H2,1H3,(H,16,20)(H,18,19). The van der Waals surface area contributed by atoms with Crippen molar-refractivity contribution in [1.29, 1.82) is 0 Å². The van der Waals surface area contributed by atoms with Crippen LogP contribution in [0.25, 0.3) is 0 Å². The molecule has 2 fully saturated rings. The Morgan fingerprint density at radius 3 is 2.60 bits per heavy atom. The molecule has 2 amide bonds. The first-order chi connectivity index (χ1) is 9.54. The second-order valence-corrected chi connectivity index (χ2v) is 6.35. The number of hydrogen-bond donors (Lipinski definition) is 2. The molecule has 0 aromatic rings. The Hall–Kier alpha value is -1.26. The van der Waals surface area contributed by atoms with E-state index in [-0.39, 0.29) is 12.5 Å². The van der Waals surface area contributed by atoms with Crippen molar-refractivity contribution in [3.8, 4) is 0 Å². The van der Waals surface area contributed by atoms with Gasteiger partial charge in [0.1, 0.15) is 0 Å². The van der Waals surface area contributed by atoms with Crippen LogP contribution in [0.4, 0.5) is 4.79 Å². The number of hydrogen-bond acceptors (Lipinski definition) is 2. The molecule has 0 spiro atoms. The first-order valence-electron chi connectivity index (χ1n) is 7.83. The van der Waals surface area contributed by atoms with Crippen molar-refractivity contribution < 1.29 is 14.7 Å². The number of carboxylic acids is 1. The number of rotatable bonds is 4. The zero-order valence-electron chi connectivity index (χ0n) is 12.4. The van der Waals surface area contributed by atoms with Gasteiger partial charge in [-0.05, 0) is 31.6 Å². The normalized spacial score (nSPS) is 25.4. The maximum atomic E-state index is 12.4. The predicted molar refractivity (Wildman–Crippen MR) is 76.6 cm³/mol. The number of aliphatic carboxylic acids is 1. The molecule has 2 N–H and O–H groups in total. The zero-order chi connectivity index (χ0) is 14.6. The van der Waals surface area contributed by atoms with E-state index >= 15 is 0 Å². The van der Waals surface area contributed by atoms with Crippen molar-refractivity contribution in [2.24, 2.45) is 5.92 Å². The highest BCUT2D eigenvalue weighted by atomic mass is 16.4. The number of piperidine rings is 1. The summed E-state index contributed by atoms with van der Waals surface area (Å²) in [6, 6.07) is -0.0636. The van der Waals surface area contributed by atoms with Gasteiger partial charge in [0.2, 0.25) is 0 Å². The van der Waals surface area contributed by atoms with Crippen LogP contribution in [0, 0.1) is 5.92 Å². The number of carboxylic acid groups (broad SMARTS) is 1. The van der Waals surface area contributed by atoms with Crippen molar-refractivity contribution in [3.05, 3.63) is 0 Å². The van der Waals surface area contributed by atoms with Crippen LogP contribution >= 0.6 is 0 Å². The molecule has 0 bridgehead atoms. The average Bonchev–Trinajstić information content (AvgIpc) is 2.86. The number of nitrogens with one attached hydrogen (secondary N) is 1. The Kier molecular flexibility index (Phi) is 4.89. The van der Waals surface area contributed by atoms with Crippen LogP contribution in [0.3, 0.4) is 0 Å². The number of carbonyl (C=O) groups excluding carboxylic acids is 1. The van der Waals surface area contributed by atoms with Gasteiger partial charge in [-0.2, -0.15) is 0 Å². The van der Waals surface area contributed by atoms with Gasteiger partial charge >= 0.3 is 12.0 Å². The number of carbonyl (C=O) groups is 2. The highest BCUT2D eigenvalue weighted by Crippen LogP contribution is 2.33. The molecule has 0 aromatic heterocycles. The summed E-state index contributed by atoms with van der Waals surface area (Å²) in [5.74, 6) is -0.231. The fourth-order valence-corrected chi connectivity index (χ4v) is 3.58.